The summed E-state index contributed by atoms with van der Waals surface area (Å²) < 4.78 is 28.0. The Bertz CT molecular complexity index is 913. The molecule has 0 radical (unpaired) electrons. The molecule has 0 spiro atoms. The molecule has 0 saturated heterocycles. The quantitative estimate of drug-likeness (QED) is 0.761. The minimum absolute atomic E-state index is 0.0227. The fourth-order valence-corrected chi connectivity index (χ4v) is 2.50. The SMILES string of the molecule is CC(c1ccnc(Nc2ccc(C#N)cc2)n1)c1c(F)cccc1F. The van der Waals surface area contributed by atoms with E-state index in [0.717, 1.165) is 0 Å². The van der Waals surface area contributed by atoms with Gasteiger partial charge in [0.15, 0.2) is 0 Å². The zero-order valence-corrected chi connectivity index (χ0v) is 13.4. The second kappa shape index (κ2) is 7.05. The predicted molar refractivity (Wildman–Crippen MR) is 90.3 cm³/mol. The van der Waals surface area contributed by atoms with Gasteiger partial charge in [0.2, 0.25) is 5.95 Å². The van der Waals surface area contributed by atoms with Crippen molar-refractivity contribution in [2.45, 2.75) is 12.8 Å². The van der Waals surface area contributed by atoms with Gasteiger partial charge in [-0.25, -0.2) is 18.7 Å². The van der Waals surface area contributed by atoms with Crippen LogP contribution in [0.15, 0.2) is 54.7 Å². The summed E-state index contributed by atoms with van der Waals surface area (Å²) in [6, 6.07) is 14.3. The highest BCUT2D eigenvalue weighted by molar-refractivity contribution is 5.55. The predicted octanol–water partition coefficient (Wildman–Crippen LogP) is 4.52. The average Bonchev–Trinajstić information content (AvgIpc) is 2.62. The fourth-order valence-electron chi connectivity index (χ4n) is 2.50. The molecule has 3 aromatic rings. The highest BCUT2D eigenvalue weighted by atomic mass is 19.1. The number of halogens is 2. The molecule has 25 heavy (non-hydrogen) atoms. The van der Waals surface area contributed by atoms with E-state index >= 15 is 0 Å². The maximum absolute atomic E-state index is 14.0. The zero-order chi connectivity index (χ0) is 17.8. The third-order valence-corrected chi connectivity index (χ3v) is 3.82. The van der Waals surface area contributed by atoms with Crippen LogP contribution in [0.3, 0.4) is 0 Å². The van der Waals surface area contributed by atoms with Crippen molar-refractivity contribution in [2.24, 2.45) is 0 Å². The van der Waals surface area contributed by atoms with E-state index in [1.54, 1.807) is 37.3 Å². The van der Waals surface area contributed by atoms with Gasteiger partial charge in [-0.1, -0.05) is 13.0 Å². The number of hydrogen-bond donors (Lipinski definition) is 1. The maximum Gasteiger partial charge on any atom is 0.227 e. The molecule has 0 aliphatic carbocycles. The summed E-state index contributed by atoms with van der Waals surface area (Å²) in [5.41, 5.74) is 1.73. The smallest absolute Gasteiger partial charge is 0.227 e. The molecule has 0 aliphatic rings. The Labute approximate surface area is 143 Å². The Morgan fingerprint density at radius 2 is 1.72 bits per heavy atom. The molecule has 1 N–H and O–H groups in total. The molecule has 1 atom stereocenters. The molecular formula is C19H14F2N4. The highest BCUT2D eigenvalue weighted by Gasteiger charge is 2.19. The lowest BCUT2D eigenvalue weighted by Gasteiger charge is -2.14. The van der Waals surface area contributed by atoms with Crippen molar-refractivity contribution in [3.63, 3.8) is 0 Å². The first kappa shape index (κ1) is 16.5. The number of aromatic nitrogens is 2. The van der Waals surface area contributed by atoms with Crippen LogP contribution in [0.5, 0.6) is 0 Å². The monoisotopic (exact) mass is 336 g/mol. The number of nitriles is 1. The summed E-state index contributed by atoms with van der Waals surface area (Å²) in [6.45, 7) is 1.69. The zero-order valence-electron chi connectivity index (χ0n) is 13.4. The number of benzene rings is 2. The minimum atomic E-state index is -0.604. The first-order valence-electron chi connectivity index (χ1n) is 7.62. The molecule has 124 valence electrons. The molecule has 1 aromatic heterocycles. The number of hydrogen-bond acceptors (Lipinski definition) is 4. The summed E-state index contributed by atoms with van der Waals surface area (Å²) in [7, 11) is 0. The fraction of sp³-hybridized carbons (Fsp3) is 0.105. The van der Waals surface area contributed by atoms with Crippen molar-refractivity contribution in [1.29, 1.82) is 5.26 Å². The second-order valence-electron chi connectivity index (χ2n) is 5.48. The Balaban J connectivity index is 1.87. The highest BCUT2D eigenvalue weighted by Crippen LogP contribution is 2.28. The van der Waals surface area contributed by atoms with Crippen LogP contribution in [0, 0.1) is 23.0 Å². The van der Waals surface area contributed by atoms with Crippen LogP contribution in [0.2, 0.25) is 0 Å². The van der Waals surface area contributed by atoms with E-state index in [0.29, 0.717) is 22.9 Å². The molecule has 0 amide bonds. The summed E-state index contributed by atoms with van der Waals surface area (Å²) in [5, 5.41) is 11.8. The Kier molecular flexibility index (Phi) is 4.66. The van der Waals surface area contributed by atoms with Crippen molar-refractivity contribution < 1.29 is 8.78 Å². The molecule has 4 nitrogen and oxygen atoms in total. The Hall–Kier alpha value is -3.33. The summed E-state index contributed by atoms with van der Waals surface area (Å²) in [6.07, 6.45) is 1.53. The standard InChI is InChI=1S/C19H14F2N4/c1-12(18-15(20)3-2-4-16(18)21)17-9-10-23-19(25-17)24-14-7-5-13(11-22)6-8-14/h2-10,12H,1H3,(H,23,24,25). The van der Waals surface area contributed by atoms with Gasteiger partial charge in [0.1, 0.15) is 11.6 Å². The van der Waals surface area contributed by atoms with Gasteiger partial charge in [0.25, 0.3) is 0 Å². The minimum Gasteiger partial charge on any atom is -0.324 e. The van der Waals surface area contributed by atoms with Gasteiger partial charge < -0.3 is 5.32 Å². The van der Waals surface area contributed by atoms with Gasteiger partial charge in [0.05, 0.1) is 17.3 Å². The molecule has 2 aromatic carbocycles. The normalized spacial score (nSPS) is 11.6. The van der Waals surface area contributed by atoms with Crippen LogP contribution in [0.25, 0.3) is 0 Å². The van der Waals surface area contributed by atoms with Crippen LogP contribution >= 0.6 is 0 Å². The summed E-state index contributed by atoms with van der Waals surface area (Å²) in [4.78, 5) is 8.47. The molecule has 0 saturated carbocycles. The van der Waals surface area contributed by atoms with E-state index in [1.807, 2.05) is 6.07 Å². The van der Waals surface area contributed by atoms with E-state index < -0.39 is 17.6 Å². The van der Waals surface area contributed by atoms with Crippen molar-refractivity contribution in [3.05, 3.63) is 83.2 Å². The molecule has 0 aliphatic heterocycles. The van der Waals surface area contributed by atoms with E-state index in [1.165, 1.54) is 24.4 Å². The third kappa shape index (κ3) is 3.61. The lowest BCUT2D eigenvalue weighted by atomic mass is 9.96. The first-order chi connectivity index (χ1) is 12.1. The van der Waals surface area contributed by atoms with Gasteiger partial charge in [0, 0.05) is 23.4 Å². The van der Waals surface area contributed by atoms with Gasteiger partial charge in [-0.2, -0.15) is 5.26 Å². The van der Waals surface area contributed by atoms with Crippen LogP contribution in [0.1, 0.15) is 29.7 Å². The first-order valence-corrected chi connectivity index (χ1v) is 7.62. The third-order valence-electron chi connectivity index (χ3n) is 3.82. The van der Waals surface area contributed by atoms with E-state index in [9.17, 15) is 8.78 Å². The van der Waals surface area contributed by atoms with E-state index in [-0.39, 0.29) is 5.56 Å². The summed E-state index contributed by atoms with van der Waals surface area (Å²) >= 11 is 0. The number of nitrogens with one attached hydrogen (secondary N) is 1. The molecule has 3 rings (SSSR count). The molecular weight excluding hydrogens is 322 g/mol. The van der Waals surface area contributed by atoms with Crippen LogP contribution in [0.4, 0.5) is 20.4 Å². The maximum atomic E-state index is 14.0. The van der Waals surface area contributed by atoms with E-state index in [4.69, 9.17) is 5.26 Å². The number of rotatable bonds is 4. The van der Waals surface area contributed by atoms with Crippen LogP contribution in [-0.2, 0) is 0 Å². The van der Waals surface area contributed by atoms with Crippen LogP contribution in [-0.4, -0.2) is 9.97 Å². The summed E-state index contributed by atoms with van der Waals surface area (Å²) in [5.74, 6) is -1.46. The van der Waals surface area contributed by atoms with Gasteiger partial charge >= 0.3 is 0 Å². The molecule has 1 unspecified atom stereocenters. The van der Waals surface area contributed by atoms with Crippen molar-refractivity contribution in [1.82, 2.24) is 9.97 Å². The molecule has 1 heterocycles. The second-order valence-corrected chi connectivity index (χ2v) is 5.48. The van der Waals surface area contributed by atoms with Crippen molar-refractivity contribution in [3.8, 4) is 6.07 Å². The van der Waals surface area contributed by atoms with Gasteiger partial charge in [-0.3, -0.25) is 0 Å². The largest absolute Gasteiger partial charge is 0.324 e. The van der Waals surface area contributed by atoms with Crippen molar-refractivity contribution in [2.75, 3.05) is 5.32 Å². The molecule has 0 bridgehead atoms. The Morgan fingerprint density at radius 3 is 2.36 bits per heavy atom. The van der Waals surface area contributed by atoms with Crippen molar-refractivity contribution >= 4 is 11.6 Å². The van der Waals surface area contributed by atoms with Crippen LogP contribution < -0.4 is 5.32 Å². The lowest BCUT2D eigenvalue weighted by Crippen LogP contribution is -2.07. The van der Waals surface area contributed by atoms with Gasteiger partial charge in [-0.05, 0) is 42.5 Å². The Morgan fingerprint density at radius 1 is 1.04 bits per heavy atom. The molecule has 0 fully saturated rings. The number of nitrogens with zero attached hydrogens (tertiary/aromatic N) is 3. The number of anilines is 2. The lowest BCUT2D eigenvalue weighted by molar-refractivity contribution is 0.545. The average molecular weight is 336 g/mol. The van der Waals surface area contributed by atoms with Gasteiger partial charge in [-0.15, -0.1) is 0 Å². The van der Waals surface area contributed by atoms with E-state index in [2.05, 4.69) is 15.3 Å². The molecule has 6 heteroatoms. The topological polar surface area (TPSA) is 61.6 Å².